The van der Waals surface area contributed by atoms with E-state index in [0.717, 1.165) is 18.5 Å². The van der Waals surface area contributed by atoms with E-state index in [0.29, 0.717) is 18.2 Å². The fourth-order valence-electron chi connectivity index (χ4n) is 2.69. The van der Waals surface area contributed by atoms with E-state index in [9.17, 15) is 9.18 Å². The van der Waals surface area contributed by atoms with Crippen molar-refractivity contribution in [2.45, 2.75) is 25.8 Å². The van der Waals surface area contributed by atoms with E-state index in [1.807, 2.05) is 0 Å². The van der Waals surface area contributed by atoms with Gasteiger partial charge in [0.05, 0.1) is 0 Å². The van der Waals surface area contributed by atoms with Crippen LogP contribution in [0.2, 0.25) is 0 Å². The third-order valence-electron chi connectivity index (χ3n) is 3.79. The molecule has 0 bridgehead atoms. The Labute approximate surface area is 114 Å². The maximum Gasteiger partial charge on any atom is 0.253 e. The molecule has 2 rings (SSSR count). The second-order valence-electron chi connectivity index (χ2n) is 5.48. The highest BCUT2D eigenvalue weighted by atomic mass is 19.1. The Kier molecular flexibility index (Phi) is 4.20. The third kappa shape index (κ3) is 3.32. The van der Waals surface area contributed by atoms with Crippen LogP contribution in [0.4, 0.5) is 4.39 Å². The monoisotopic (exact) mass is 264 g/mol. The molecule has 0 spiro atoms. The number of amides is 1. The van der Waals surface area contributed by atoms with Gasteiger partial charge < -0.3 is 9.80 Å². The molecular formula is C15H21FN2O. The summed E-state index contributed by atoms with van der Waals surface area (Å²) in [6.07, 6.45) is 2.30. The van der Waals surface area contributed by atoms with Crippen molar-refractivity contribution < 1.29 is 9.18 Å². The molecule has 1 aliphatic rings. The molecule has 104 valence electrons. The molecular weight excluding hydrogens is 243 g/mol. The number of carbonyl (C=O) groups excluding carboxylic acids is 1. The first-order valence-electron chi connectivity index (χ1n) is 6.70. The number of halogens is 1. The number of likely N-dealkylation sites (tertiary alicyclic amines) is 1. The van der Waals surface area contributed by atoms with Crippen molar-refractivity contribution in [2.24, 2.45) is 0 Å². The quantitative estimate of drug-likeness (QED) is 0.836. The zero-order valence-electron chi connectivity index (χ0n) is 11.8. The predicted molar refractivity (Wildman–Crippen MR) is 73.7 cm³/mol. The molecule has 1 atom stereocenters. The summed E-state index contributed by atoms with van der Waals surface area (Å²) in [7, 11) is 3.87. The van der Waals surface area contributed by atoms with Crippen LogP contribution in [0.5, 0.6) is 0 Å². The molecule has 1 amide bonds. The normalized spacial score (nSPS) is 19.7. The molecule has 0 aromatic heterocycles. The molecule has 1 unspecified atom stereocenters. The van der Waals surface area contributed by atoms with Gasteiger partial charge in [-0.05, 0) is 57.1 Å². The van der Waals surface area contributed by atoms with E-state index >= 15 is 0 Å². The fourth-order valence-corrected chi connectivity index (χ4v) is 2.69. The zero-order valence-corrected chi connectivity index (χ0v) is 11.8. The van der Waals surface area contributed by atoms with Crippen molar-refractivity contribution in [3.8, 4) is 0 Å². The van der Waals surface area contributed by atoms with Gasteiger partial charge in [0.2, 0.25) is 0 Å². The van der Waals surface area contributed by atoms with Gasteiger partial charge in [0.1, 0.15) is 5.82 Å². The lowest BCUT2D eigenvalue weighted by atomic mass is 10.1. The van der Waals surface area contributed by atoms with Crippen molar-refractivity contribution in [1.82, 2.24) is 9.80 Å². The lowest BCUT2D eigenvalue weighted by molar-refractivity contribution is 0.0761. The molecule has 0 saturated carbocycles. The number of hydrogen-bond acceptors (Lipinski definition) is 2. The second kappa shape index (κ2) is 5.70. The Morgan fingerprint density at radius 3 is 2.79 bits per heavy atom. The number of carbonyl (C=O) groups is 1. The maximum absolute atomic E-state index is 13.3. The highest BCUT2D eigenvalue weighted by molar-refractivity contribution is 5.94. The first-order valence-corrected chi connectivity index (χ1v) is 6.70. The van der Waals surface area contributed by atoms with Gasteiger partial charge in [-0.3, -0.25) is 4.79 Å². The summed E-state index contributed by atoms with van der Waals surface area (Å²) < 4.78 is 13.3. The molecule has 1 heterocycles. The van der Waals surface area contributed by atoms with Gasteiger partial charge in [-0.1, -0.05) is 0 Å². The van der Waals surface area contributed by atoms with Crippen LogP contribution in [0.1, 0.15) is 28.8 Å². The minimum absolute atomic E-state index is 0.108. The van der Waals surface area contributed by atoms with Gasteiger partial charge in [0.25, 0.3) is 5.91 Å². The zero-order chi connectivity index (χ0) is 14.0. The average Bonchev–Trinajstić information content (AvgIpc) is 2.72. The largest absolute Gasteiger partial charge is 0.340 e. The van der Waals surface area contributed by atoms with E-state index in [2.05, 4.69) is 11.9 Å². The molecule has 0 radical (unpaired) electrons. The summed E-state index contributed by atoms with van der Waals surface area (Å²) in [5.41, 5.74) is 1.20. The third-order valence-corrected chi connectivity index (χ3v) is 3.79. The smallest absolute Gasteiger partial charge is 0.253 e. The lowest BCUT2D eigenvalue weighted by Crippen LogP contribution is -2.39. The number of aryl methyl sites for hydroxylation is 1. The van der Waals surface area contributed by atoms with Gasteiger partial charge in [0.15, 0.2) is 0 Å². The molecule has 1 aromatic carbocycles. The first kappa shape index (κ1) is 14.0. The van der Waals surface area contributed by atoms with Crippen molar-refractivity contribution >= 4 is 5.91 Å². The number of hydrogen-bond donors (Lipinski definition) is 0. The van der Waals surface area contributed by atoms with E-state index in [1.54, 1.807) is 24.9 Å². The van der Waals surface area contributed by atoms with Crippen LogP contribution in [0.3, 0.4) is 0 Å². The lowest BCUT2D eigenvalue weighted by Gasteiger charge is -2.26. The van der Waals surface area contributed by atoms with Crippen LogP contribution in [0, 0.1) is 12.7 Å². The molecule has 1 fully saturated rings. The van der Waals surface area contributed by atoms with Gasteiger partial charge in [-0.25, -0.2) is 4.39 Å². The second-order valence-corrected chi connectivity index (χ2v) is 5.48. The van der Waals surface area contributed by atoms with E-state index in [4.69, 9.17) is 0 Å². The standard InChI is InChI=1S/C15H21FN2O/c1-11-7-12(9-13(16)8-11)15(19)18(3)10-14-5-4-6-17(14)2/h7-9,14H,4-6,10H2,1-3H3. The highest BCUT2D eigenvalue weighted by Gasteiger charge is 2.24. The molecule has 4 heteroatoms. The van der Waals surface area contributed by atoms with Gasteiger partial charge in [-0.15, -0.1) is 0 Å². The first-order chi connectivity index (χ1) is 8.97. The minimum atomic E-state index is -0.352. The van der Waals surface area contributed by atoms with Crippen LogP contribution in [0.15, 0.2) is 18.2 Å². The number of likely N-dealkylation sites (N-methyl/N-ethyl adjacent to an activating group) is 2. The number of nitrogens with zero attached hydrogens (tertiary/aromatic N) is 2. The molecule has 3 nitrogen and oxygen atoms in total. The van der Waals surface area contributed by atoms with Crippen molar-refractivity contribution in [1.29, 1.82) is 0 Å². The maximum atomic E-state index is 13.3. The summed E-state index contributed by atoms with van der Waals surface area (Å²) in [5.74, 6) is -0.461. The molecule has 1 aliphatic heterocycles. The van der Waals surface area contributed by atoms with Crippen LogP contribution < -0.4 is 0 Å². The van der Waals surface area contributed by atoms with E-state index < -0.39 is 0 Å². The summed E-state index contributed by atoms with van der Waals surface area (Å²) >= 11 is 0. The Bertz CT molecular complexity index is 455. The van der Waals surface area contributed by atoms with Crippen molar-refractivity contribution in [2.75, 3.05) is 27.2 Å². The molecule has 19 heavy (non-hydrogen) atoms. The number of rotatable bonds is 3. The summed E-state index contributed by atoms with van der Waals surface area (Å²) in [5, 5.41) is 0. The summed E-state index contributed by atoms with van der Waals surface area (Å²) in [6, 6.07) is 4.90. The molecule has 1 aromatic rings. The Balaban J connectivity index is 2.06. The SMILES string of the molecule is Cc1cc(F)cc(C(=O)N(C)CC2CCCN2C)c1. The summed E-state index contributed by atoms with van der Waals surface area (Å²) in [4.78, 5) is 16.3. The molecule has 0 aliphatic carbocycles. The van der Waals surface area contributed by atoms with Crippen LogP contribution in [-0.2, 0) is 0 Å². The predicted octanol–water partition coefficient (Wildman–Crippen LogP) is 2.30. The average molecular weight is 264 g/mol. The Morgan fingerprint density at radius 1 is 1.47 bits per heavy atom. The van der Waals surface area contributed by atoms with Crippen molar-refractivity contribution in [3.05, 3.63) is 35.1 Å². The van der Waals surface area contributed by atoms with E-state index in [-0.39, 0.29) is 11.7 Å². The topological polar surface area (TPSA) is 23.6 Å². The van der Waals surface area contributed by atoms with Gasteiger partial charge in [-0.2, -0.15) is 0 Å². The van der Waals surface area contributed by atoms with Crippen LogP contribution >= 0.6 is 0 Å². The van der Waals surface area contributed by atoms with Crippen LogP contribution in [0.25, 0.3) is 0 Å². The fraction of sp³-hybridized carbons (Fsp3) is 0.533. The summed E-state index contributed by atoms with van der Waals surface area (Å²) in [6.45, 7) is 3.58. The molecule has 0 N–H and O–H groups in total. The minimum Gasteiger partial charge on any atom is -0.340 e. The Hall–Kier alpha value is -1.42. The van der Waals surface area contributed by atoms with E-state index in [1.165, 1.54) is 18.6 Å². The molecule has 1 saturated heterocycles. The van der Waals surface area contributed by atoms with Crippen molar-refractivity contribution in [3.63, 3.8) is 0 Å². The number of benzene rings is 1. The van der Waals surface area contributed by atoms with Gasteiger partial charge >= 0.3 is 0 Å². The Morgan fingerprint density at radius 2 is 2.21 bits per heavy atom. The van der Waals surface area contributed by atoms with Gasteiger partial charge in [0, 0.05) is 25.2 Å². The highest BCUT2D eigenvalue weighted by Crippen LogP contribution is 2.17. The van der Waals surface area contributed by atoms with Crippen LogP contribution in [-0.4, -0.2) is 48.9 Å².